The summed E-state index contributed by atoms with van der Waals surface area (Å²) >= 11 is 12.3. The Kier molecular flexibility index (Phi) is 5.97. The number of benzene rings is 1. The highest BCUT2D eigenvalue weighted by molar-refractivity contribution is 6.35. The molecule has 0 fully saturated rings. The summed E-state index contributed by atoms with van der Waals surface area (Å²) in [6.45, 7) is 5.24. The van der Waals surface area contributed by atoms with Crippen LogP contribution >= 0.6 is 23.2 Å². The zero-order valence-electron chi connectivity index (χ0n) is 16.1. The number of hydrogen-bond donors (Lipinski definition) is 0. The molecule has 0 N–H and O–H groups in total. The number of carbonyl (C=O) groups is 2. The molecular formula is C22H18Cl2N2O3. The van der Waals surface area contributed by atoms with Crippen molar-refractivity contribution in [1.29, 1.82) is 5.26 Å². The Hall–Kier alpha value is -2.81. The van der Waals surface area contributed by atoms with Crippen LogP contribution in [0.4, 0.5) is 0 Å². The lowest BCUT2D eigenvalue weighted by Crippen LogP contribution is -2.47. The van der Waals surface area contributed by atoms with Gasteiger partial charge in [0, 0.05) is 22.2 Å². The molecule has 5 nitrogen and oxygen atoms in total. The monoisotopic (exact) mass is 428 g/mol. The molecule has 1 aromatic heterocycles. The minimum atomic E-state index is -0.563. The Morgan fingerprint density at radius 1 is 1.21 bits per heavy atom. The molecule has 0 radical (unpaired) electrons. The van der Waals surface area contributed by atoms with E-state index in [-0.39, 0.29) is 17.2 Å². The van der Waals surface area contributed by atoms with E-state index in [2.05, 4.69) is 0 Å². The maximum atomic E-state index is 13.0. The van der Waals surface area contributed by atoms with Crippen LogP contribution in [0.25, 0.3) is 17.4 Å². The van der Waals surface area contributed by atoms with E-state index >= 15 is 0 Å². The predicted octanol–water partition coefficient (Wildman–Crippen LogP) is 5.64. The Balaban J connectivity index is 2.07. The van der Waals surface area contributed by atoms with Crippen LogP contribution < -0.4 is 0 Å². The van der Waals surface area contributed by atoms with Crippen LogP contribution in [0.3, 0.4) is 0 Å². The zero-order valence-corrected chi connectivity index (χ0v) is 17.6. The third-order valence-electron chi connectivity index (χ3n) is 4.91. The molecule has 2 heterocycles. The molecule has 2 aromatic rings. The van der Waals surface area contributed by atoms with E-state index in [1.165, 1.54) is 0 Å². The quantitative estimate of drug-likeness (QED) is 0.465. The van der Waals surface area contributed by atoms with Gasteiger partial charge < -0.3 is 4.42 Å². The lowest BCUT2D eigenvalue weighted by atomic mass is 9.93. The van der Waals surface area contributed by atoms with Crippen molar-refractivity contribution in [2.24, 2.45) is 0 Å². The van der Waals surface area contributed by atoms with Crippen LogP contribution in [0.1, 0.15) is 33.0 Å². The van der Waals surface area contributed by atoms with Gasteiger partial charge in [0.1, 0.15) is 23.2 Å². The molecule has 1 unspecified atom stereocenters. The van der Waals surface area contributed by atoms with Gasteiger partial charge in [-0.05, 0) is 62.2 Å². The van der Waals surface area contributed by atoms with Gasteiger partial charge in [0.2, 0.25) is 0 Å². The Morgan fingerprint density at radius 3 is 2.59 bits per heavy atom. The van der Waals surface area contributed by atoms with Crippen molar-refractivity contribution in [3.8, 4) is 17.4 Å². The van der Waals surface area contributed by atoms with Crippen molar-refractivity contribution in [2.75, 3.05) is 0 Å². The summed E-state index contributed by atoms with van der Waals surface area (Å²) in [5.41, 5.74) is 1.17. The number of amides is 2. The number of rotatable bonds is 4. The van der Waals surface area contributed by atoms with E-state index in [4.69, 9.17) is 27.6 Å². The molecule has 0 saturated carbocycles. The third kappa shape index (κ3) is 3.87. The first kappa shape index (κ1) is 20.9. The zero-order chi connectivity index (χ0) is 21.3. The van der Waals surface area contributed by atoms with Crippen LogP contribution in [0.2, 0.25) is 10.0 Å². The molecular weight excluding hydrogens is 411 g/mol. The minimum Gasteiger partial charge on any atom is -0.457 e. The van der Waals surface area contributed by atoms with E-state index in [0.29, 0.717) is 39.1 Å². The maximum absolute atomic E-state index is 13.0. The molecule has 148 valence electrons. The summed E-state index contributed by atoms with van der Waals surface area (Å²) in [6.07, 6.45) is 2.12. The van der Waals surface area contributed by atoms with Gasteiger partial charge in [-0.2, -0.15) is 5.26 Å². The standard InChI is InChI=1S/C22H18Cl2N2O3/c1-4-12(2)26-21(27)16(13(3)18(11-25)22(26)28)10-15-6-8-20(29-15)17-9-14(23)5-7-19(17)24/h5-10,12H,4H2,1-3H3/b16-10+. The van der Waals surface area contributed by atoms with E-state index in [0.717, 1.165) is 4.90 Å². The average molecular weight is 429 g/mol. The summed E-state index contributed by atoms with van der Waals surface area (Å²) in [7, 11) is 0. The Morgan fingerprint density at radius 2 is 1.93 bits per heavy atom. The third-order valence-corrected chi connectivity index (χ3v) is 5.48. The summed E-state index contributed by atoms with van der Waals surface area (Å²) in [5.74, 6) is -0.119. The SMILES string of the molecule is CCC(C)N1C(=O)C(C#N)=C(C)/C(=C\c2ccc(-c3cc(Cl)ccc3Cl)o2)C1=O. The molecule has 0 aliphatic carbocycles. The summed E-state index contributed by atoms with van der Waals surface area (Å²) < 4.78 is 5.84. The van der Waals surface area contributed by atoms with Crippen LogP contribution in [0, 0.1) is 11.3 Å². The van der Waals surface area contributed by atoms with Crippen molar-refractivity contribution in [2.45, 2.75) is 33.2 Å². The molecule has 3 rings (SSSR count). The molecule has 1 atom stereocenters. The smallest absolute Gasteiger partial charge is 0.271 e. The normalized spacial score (nSPS) is 17.1. The average Bonchev–Trinajstić information content (AvgIpc) is 3.15. The lowest BCUT2D eigenvalue weighted by Gasteiger charge is -2.31. The Bertz CT molecular complexity index is 1110. The first-order chi connectivity index (χ1) is 13.8. The molecule has 2 amide bonds. The number of hydrogen-bond acceptors (Lipinski definition) is 4. The lowest BCUT2D eigenvalue weighted by molar-refractivity contribution is -0.142. The number of halogens is 2. The summed E-state index contributed by atoms with van der Waals surface area (Å²) in [5, 5.41) is 10.4. The van der Waals surface area contributed by atoms with Gasteiger partial charge in [-0.1, -0.05) is 30.1 Å². The van der Waals surface area contributed by atoms with Crippen LogP contribution in [0.15, 0.2) is 51.5 Å². The predicted molar refractivity (Wildman–Crippen MR) is 112 cm³/mol. The fourth-order valence-electron chi connectivity index (χ4n) is 3.09. The highest BCUT2D eigenvalue weighted by Gasteiger charge is 2.37. The molecule has 0 bridgehead atoms. The highest BCUT2D eigenvalue weighted by atomic mass is 35.5. The summed E-state index contributed by atoms with van der Waals surface area (Å²) in [4.78, 5) is 26.7. The van der Waals surface area contributed by atoms with Crippen LogP contribution in [-0.4, -0.2) is 22.8 Å². The number of carbonyl (C=O) groups excluding carboxylic acids is 2. The number of furan rings is 1. The van der Waals surface area contributed by atoms with Crippen molar-refractivity contribution in [1.82, 2.24) is 4.90 Å². The molecule has 0 saturated heterocycles. The highest BCUT2D eigenvalue weighted by Crippen LogP contribution is 2.34. The first-order valence-corrected chi connectivity index (χ1v) is 9.80. The molecule has 29 heavy (non-hydrogen) atoms. The molecule has 1 aromatic carbocycles. The van der Waals surface area contributed by atoms with E-state index in [1.807, 2.05) is 13.0 Å². The van der Waals surface area contributed by atoms with Crippen molar-refractivity contribution >= 4 is 41.1 Å². The van der Waals surface area contributed by atoms with Crippen molar-refractivity contribution in [3.63, 3.8) is 0 Å². The molecule has 7 heteroatoms. The van der Waals surface area contributed by atoms with Crippen LogP contribution in [-0.2, 0) is 9.59 Å². The maximum Gasteiger partial charge on any atom is 0.271 e. The second kappa shape index (κ2) is 8.28. The molecule has 1 aliphatic rings. The van der Waals surface area contributed by atoms with Gasteiger partial charge in [0.05, 0.1) is 5.02 Å². The van der Waals surface area contributed by atoms with Crippen molar-refractivity contribution < 1.29 is 14.0 Å². The van der Waals surface area contributed by atoms with E-state index < -0.39 is 11.8 Å². The molecule has 1 aliphatic heterocycles. The van der Waals surface area contributed by atoms with E-state index in [1.54, 1.807) is 50.3 Å². The second-order valence-electron chi connectivity index (χ2n) is 6.73. The van der Waals surface area contributed by atoms with Gasteiger partial charge in [-0.3, -0.25) is 14.5 Å². The van der Waals surface area contributed by atoms with E-state index in [9.17, 15) is 14.9 Å². The fraction of sp³-hybridized carbons (Fsp3) is 0.227. The number of imide groups is 1. The van der Waals surface area contributed by atoms with Crippen molar-refractivity contribution in [3.05, 3.63) is 62.9 Å². The first-order valence-electron chi connectivity index (χ1n) is 9.04. The summed E-state index contributed by atoms with van der Waals surface area (Å²) in [6, 6.07) is 10.1. The van der Waals surface area contributed by atoms with Crippen LogP contribution in [0.5, 0.6) is 0 Å². The minimum absolute atomic E-state index is 0.0409. The second-order valence-corrected chi connectivity index (χ2v) is 7.58. The number of nitriles is 1. The van der Waals surface area contributed by atoms with Gasteiger partial charge in [-0.15, -0.1) is 0 Å². The van der Waals surface area contributed by atoms with Gasteiger partial charge in [-0.25, -0.2) is 0 Å². The largest absolute Gasteiger partial charge is 0.457 e. The van der Waals surface area contributed by atoms with Gasteiger partial charge in [0.25, 0.3) is 11.8 Å². The topological polar surface area (TPSA) is 74.3 Å². The fourth-order valence-corrected chi connectivity index (χ4v) is 3.47. The Labute approximate surface area is 178 Å². The number of nitrogens with zero attached hydrogens (tertiary/aromatic N) is 2. The van der Waals surface area contributed by atoms with Gasteiger partial charge >= 0.3 is 0 Å². The molecule has 0 spiro atoms. The van der Waals surface area contributed by atoms with Gasteiger partial charge in [0.15, 0.2) is 0 Å².